The van der Waals surface area contributed by atoms with Gasteiger partial charge in [-0.15, -0.1) is 0 Å². The quantitative estimate of drug-likeness (QED) is 0.432. The van der Waals surface area contributed by atoms with E-state index in [1.54, 1.807) is 0 Å². The Morgan fingerprint density at radius 3 is 2.25 bits per heavy atom. The predicted octanol–water partition coefficient (Wildman–Crippen LogP) is 1.26. The summed E-state index contributed by atoms with van der Waals surface area (Å²) in [5.41, 5.74) is 0. The molecular weight excluding hydrogens is 106 g/mol. The second-order valence-electron chi connectivity index (χ2n) is 1.80. The maximum Gasteiger partial charge on any atom is 0.0512 e. The van der Waals surface area contributed by atoms with Crippen molar-refractivity contribution >= 4 is 0 Å². The number of hydrogen-bond donors (Lipinski definition) is 2. The van der Waals surface area contributed by atoms with Gasteiger partial charge >= 0.3 is 0 Å². The van der Waals surface area contributed by atoms with Crippen molar-refractivity contribution in [3.8, 4) is 0 Å². The first-order valence-corrected chi connectivity index (χ1v) is 2.92. The Balaban J connectivity index is 2.72. The highest BCUT2D eigenvalue weighted by molar-refractivity contribution is 4.35. The molecule has 0 saturated heterocycles. The third-order valence-electron chi connectivity index (χ3n) is 0.962. The minimum Gasteiger partial charge on any atom is -0.290 e. The Hall–Kier alpha value is -0.120. The van der Waals surface area contributed by atoms with E-state index in [0.717, 1.165) is 19.3 Å². The van der Waals surface area contributed by atoms with Gasteiger partial charge in [0.15, 0.2) is 0 Å². The van der Waals surface area contributed by atoms with Crippen molar-refractivity contribution in [2.24, 2.45) is 0 Å². The average Bonchev–Trinajstić information content (AvgIpc) is 1.66. The van der Waals surface area contributed by atoms with Crippen LogP contribution in [0.15, 0.2) is 0 Å². The van der Waals surface area contributed by atoms with E-state index in [4.69, 9.17) is 10.4 Å². The molecule has 8 heavy (non-hydrogen) atoms. The van der Waals surface area contributed by atoms with Gasteiger partial charge in [-0.05, 0) is 6.42 Å². The normalized spacial score (nSPS) is 10.5. The highest BCUT2D eigenvalue weighted by Gasteiger charge is 1.90. The number of unbranched alkanes of at least 4 members (excludes halogenated alkanes) is 2. The summed E-state index contributed by atoms with van der Waals surface area (Å²) >= 11 is 0. The summed E-state index contributed by atoms with van der Waals surface area (Å²) in [6.07, 6.45) is 3.01. The first-order chi connectivity index (χ1) is 3.77. The molecule has 0 heterocycles. The van der Waals surface area contributed by atoms with Gasteiger partial charge in [0.05, 0.1) is 6.54 Å². The largest absolute Gasteiger partial charge is 0.290 e. The van der Waals surface area contributed by atoms with E-state index < -0.39 is 0 Å². The molecule has 3 heteroatoms. The molecule has 0 atom stereocenters. The van der Waals surface area contributed by atoms with Crippen LogP contribution in [0.2, 0.25) is 0 Å². The minimum atomic E-state index is 0.232. The van der Waals surface area contributed by atoms with E-state index in [-0.39, 0.29) is 5.23 Å². The van der Waals surface area contributed by atoms with Gasteiger partial charge in [0.1, 0.15) is 0 Å². The first kappa shape index (κ1) is 7.88. The van der Waals surface area contributed by atoms with Crippen LogP contribution in [-0.2, 0) is 0 Å². The second kappa shape index (κ2) is 5.03. The van der Waals surface area contributed by atoms with Crippen LogP contribution in [-0.4, -0.2) is 22.2 Å². The molecule has 0 amide bonds. The zero-order chi connectivity index (χ0) is 6.41. The summed E-state index contributed by atoms with van der Waals surface area (Å²) in [4.78, 5) is 0. The summed E-state index contributed by atoms with van der Waals surface area (Å²) in [6.45, 7) is 2.42. The third-order valence-corrected chi connectivity index (χ3v) is 0.962. The molecular formula is C5H13NO2. The second-order valence-corrected chi connectivity index (χ2v) is 1.80. The van der Waals surface area contributed by atoms with Crippen LogP contribution in [0.25, 0.3) is 0 Å². The van der Waals surface area contributed by atoms with Gasteiger partial charge in [-0.1, -0.05) is 25.0 Å². The number of nitrogens with zero attached hydrogens (tertiary/aromatic N) is 1. The monoisotopic (exact) mass is 119 g/mol. The summed E-state index contributed by atoms with van der Waals surface area (Å²) in [6, 6.07) is 0. The molecule has 3 nitrogen and oxygen atoms in total. The van der Waals surface area contributed by atoms with Crippen LogP contribution in [0.3, 0.4) is 0 Å². The van der Waals surface area contributed by atoms with Crippen molar-refractivity contribution in [1.82, 2.24) is 5.23 Å². The fraction of sp³-hybridized carbons (Fsp3) is 1.00. The SMILES string of the molecule is CCCCCN(O)O. The molecule has 0 rings (SSSR count). The van der Waals surface area contributed by atoms with Crippen LogP contribution in [0.4, 0.5) is 0 Å². The van der Waals surface area contributed by atoms with Crippen molar-refractivity contribution in [1.29, 1.82) is 0 Å². The molecule has 0 saturated carbocycles. The van der Waals surface area contributed by atoms with Gasteiger partial charge in [-0.25, -0.2) is 0 Å². The van der Waals surface area contributed by atoms with Gasteiger partial charge < -0.3 is 0 Å². The third kappa shape index (κ3) is 5.88. The van der Waals surface area contributed by atoms with Gasteiger partial charge in [-0.2, -0.15) is 0 Å². The highest BCUT2D eigenvalue weighted by Crippen LogP contribution is 1.92. The molecule has 50 valence electrons. The Bertz CT molecular complexity index is 47.7. The van der Waals surface area contributed by atoms with E-state index in [0.29, 0.717) is 6.54 Å². The summed E-state index contributed by atoms with van der Waals surface area (Å²) in [5.74, 6) is 0. The maximum absolute atomic E-state index is 8.17. The van der Waals surface area contributed by atoms with Crippen molar-refractivity contribution in [3.63, 3.8) is 0 Å². The smallest absolute Gasteiger partial charge is 0.0512 e. The van der Waals surface area contributed by atoms with Crippen molar-refractivity contribution in [3.05, 3.63) is 0 Å². The lowest BCUT2D eigenvalue weighted by atomic mass is 10.2. The molecule has 0 bridgehead atoms. The molecule has 0 fully saturated rings. The molecule has 0 aliphatic heterocycles. The molecule has 0 aliphatic rings. The zero-order valence-electron chi connectivity index (χ0n) is 5.17. The van der Waals surface area contributed by atoms with E-state index in [2.05, 4.69) is 6.92 Å². The Labute approximate surface area is 49.5 Å². The molecule has 0 spiro atoms. The molecule has 0 unspecified atom stereocenters. The average molecular weight is 119 g/mol. The molecule has 0 aromatic carbocycles. The lowest BCUT2D eigenvalue weighted by molar-refractivity contribution is -0.306. The van der Waals surface area contributed by atoms with Crippen molar-refractivity contribution < 1.29 is 10.4 Å². The molecule has 2 N–H and O–H groups in total. The topological polar surface area (TPSA) is 43.7 Å². The van der Waals surface area contributed by atoms with Crippen molar-refractivity contribution in [2.75, 3.05) is 6.54 Å². The van der Waals surface area contributed by atoms with E-state index in [9.17, 15) is 0 Å². The fourth-order valence-corrected chi connectivity index (χ4v) is 0.503. The van der Waals surface area contributed by atoms with Crippen molar-refractivity contribution in [2.45, 2.75) is 26.2 Å². The van der Waals surface area contributed by atoms with E-state index in [1.165, 1.54) is 0 Å². The van der Waals surface area contributed by atoms with Gasteiger partial charge in [0.25, 0.3) is 0 Å². The predicted molar refractivity (Wildman–Crippen MR) is 29.8 cm³/mol. The minimum absolute atomic E-state index is 0.232. The molecule has 0 aromatic heterocycles. The Morgan fingerprint density at radius 1 is 1.25 bits per heavy atom. The number of hydroxylamine groups is 2. The van der Waals surface area contributed by atoms with Gasteiger partial charge in [-0.3, -0.25) is 10.4 Å². The van der Waals surface area contributed by atoms with Crippen LogP contribution < -0.4 is 0 Å². The standard InChI is InChI=1S/C5H13NO2/c1-2-3-4-5-6(7)8/h7-8H,2-5H2,1H3. The molecule has 0 aromatic rings. The van der Waals surface area contributed by atoms with Gasteiger partial charge in [0, 0.05) is 0 Å². The number of hydrogen-bond acceptors (Lipinski definition) is 3. The Kier molecular flexibility index (Phi) is 4.95. The van der Waals surface area contributed by atoms with E-state index in [1.807, 2.05) is 0 Å². The van der Waals surface area contributed by atoms with Crippen LogP contribution in [0.1, 0.15) is 26.2 Å². The summed E-state index contributed by atoms with van der Waals surface area (Å²) in [5, 5.41) is 16.6. The summed E-state index contributed by atoms with van der Waals surface area (Å²) in [7, 11) is 0. The lowest BCUT2D eigenvalue weighted by Gasteiger charge is -2.02. The fourth-order valence-electron chi connectivity index (χ4n) is 0.503. The highest BCUT2D eigenvalue weighted by atomic mass is 16.8. The molecule has 0 aliphatic carbocycles. The van der Waals surface area contributed by atoms with Crippen LogP contribution in [0.5, 0.6) is 0 Å². The Morgan fingerprint density at radius 2 is 1.88 bits per heavy atom. The maximum atomic E-state index is 8.17. The zero-order valence-corrected chi connectivity index (χ0v) is 5.17. The molecule has 0 radical (unpaired) electrons. The number of rotatable bonds is 4. The van der Waals surface area contributed by atoms with Crippen LogP contribution >= 0.6 is 0 Å². The van der Waals surface area contributed by atoms with Gasteiger partial charge in [0.2, 0.25) is 0 Å². The van der Waals surface area contributed by atoms with Crippen LogP contribution in [0, 0.1) is 0 Å². The first-order valence-electron chi connectivity index (χ1n) is 2.92. The lowest BCUT2D eigenvalue weighted by Crippen LogP contribution is -2.14. The van der Waals surface area contributed by atoms with E-state index >= 15 is 0 Å². The summed E-state index contributed by atoms with van der Waals surface area (Å²) < 4.78 is 0.